The summed E-state index contributed by atoms with van der Waals surface area (Å²) in [4.78, 5) is 226. The van der Waals surface area contributed by atoms with E-state index in [-0.39, 0.29) is 60.7 Å². The van der Waals surface area contributed by atoms with Crippen LogP contribution in [0.25, 0.3) is 22.3 Å². The quantitative estimate of drug-likeness (QED) is 0.0240. The summed E-state index contributed by atoms with van der Waals surface area (Å²) >= 11 is 0. The number of phenols is 2. The van der Waals surface area contributed by atoms with Gasteiger partial charge in [-0.05, 0) is 132 Å². The van der Waals surface area contributed by atoms with Gasteiger partial charge in [-0.25, -0.2) is 9.59 Å². The van der Waals surface area contributed by atoms with Gasteiger partial charge in [0.2, 0.25) is 70.6 Å². The average Bonchev–Trinajstić information content (AvgIpc) is 1.10. The number of carboxylic acids is 2. The molecule has 0 radical (unpaired) electrons. The number of fused-ring (bicyclic) bond motifs is 8. The largest absolute Gasteiger partial charge is 0.507 e. The zero-order valence-corrected chi connectivity index (χ0v) is 73.8. The van der Waals surface area contributed by atoms with Crippen LogP contribution < -0.4 is 64.6 Å². The molecular formula is C92H114N14O24. The highest BCUT2D eigenvalue weighted by atomic mass is 16.6. The number of aliphatic carboxylic acids is 2. The van der Waals surface area contributed by atoms with Gasteiger partial charge in [-0.1, -0.05) is 152 Å². The van der Waals surface area contributed by atoms with Crippen molar-refractivity contribution in [1.82, 2.24) is 52.3 Å². The number of benzene rings is 6. The second-order valence-electron chi connectivity index (χ2n) is 34.0. The number of anilines is 2. The van der Waals surface area contributed by atoms with Gasteiger partial charge >= 0.3 is 24.1 Å². The molecule has 0 unspecified atom stereocenters. The van der Waals surface area contributed by atoms with Crippen molar-refractivity contribution in [2.24, 2.45) is 35.1 Å². The molecular weight excluding hydrogens is 1690 g/mol. The molecule has 38 heteroatoms. The Kier molecular flexibility index (Phi) is 34.6. The molecule has 12 amide bonds. The summed E-state index contributed by atoms with van der Waals surface area (Å²) in [7, 11) is 0. The van der Waals surface area contributed by atoms with Crippen molar-refractivity contribution in [3.8, 4) is 33.8 Å². The van der Waals surface area contributed by atoms with E-state index in [4.69, 9.17) is 20.9 Å². The molecule has 0 heterocycles. The van der Waals surface area contributed by atoms with E-state index in [0.29, 0.717) is 9.80 Å². The maximum absolute atomic E-state index is 15.2. The molecule has 6 aromatic carbocycles. The summed E-state index contributed by atoms with van der Waals surface area (Å²) in [6.45, 7) is 10.9. The molecule has 6 aromatic rings. The molecule has 3 aliphatic carbocycles. The first-order valence-electron chi connectivity index (χ1n) is 42.8. The highest BCUT2D eigenvalue weighted by molar-refractivity contribution is 6.33. The number of nitrogens with zero attached hydrogens (tertiary/aromatic N) is 2. The molecule has 20 N–H and O–H groups in total. The SMILES string of the molecule is CC(C)C[C@H](NC(=O)[C@H](CC(C)C)NC(=O)[C@H](C)NC(=O)[C@H](CO)NC(=O)[C@H](CC(=O)O)N(CCNc1ccc(NCCN(C(=O)OCC2c3ccccc3-c3ccccc32)[C@@H](CC(=O)O)C(=O)N[C@@H](CO)C(=O)N[C@@H](C)C(=O)N[C@@H](CC(C)C)C(=O)N[C@@H](CC(C)C)C(N)=O)c2c1C(=O)c1c(O)ccc(O)c1C2=O)C(=O)OCC1c2ccccc2-c2ccccc21)C(N)=O. The summed E-state index contributed by atoms with van der Waals surface area (Å²) in [6, 6.07) is 17.5. The minimum absolute atomic E-state index is 0.0608. The first kappa shape index (κ1) is 99.7. The molecule has 696 valence electrons. The second-order valence-corrected chi connectivity index (χ2v) is 34.0. The van der Waals surface area contributed by atoms with Crippen LogP contribution in [0.3, 0.4) is 0 Å². The third kappa shape index (κ3) is 24.8. The van der Waals surface area contributed by atoms with Gasteiger partial charge in [-0.3, -0.25) is 76.9 Å². The van der Waals surface area contributed by atoms with Gasteiger partial charge in [-0.15, -0.1) is 0 Å². The van der Waals surface area contributed by atoms with Crippen molar-refractivity contribution >= 4 is 106 Å². The van der Waals surface area contributed by atoms with Gasteiger partial charge in [-0.2, -0.15) is 0 Å². The fourth-order valence-corrected chi connectivity index (χ4v) is 16.1. The Labute approximate surface area is 749 Å². The number of primary amides is 2. The summed E-state index contributed by atoms with van der Waals surface area (Å²) in [5.74, 6) is -19.0. The summed E-state index contributed by atoms with van der Waals surface area (Å²) < 4.78 is 12.1. The monoisotopic (exact) mass is 1800 g/mol. The van der Waals surface area contributed by atoms with Crippen LogP contribution in [0.2, 0.25) is 0 Å². The van der Waals surface area contributed by atoms with E-state index in [1.807, 2.05) is 72.8 Å². The van der Waals surface area contributed by atoms with Crippen molar-refractivity contribution in [3.63, 3.8) is 0 Å². The smallest absolute Gasteiger partial charge is 0.410 e. The summed E-state index contributed by atoms with van der Waals surface area (Å²) in [5.41, 5.74) is 14.5. The number of phenolic OH excluding ortho intramolecular Hbond substituents is 2. The number of carbonyl (C=O) groups is 16. The van der Waals surface area contributed by atoms with Crippen LogP contribution in [0.15, 0.2) is 121 Å². The van der Waals surface area contributed by atoms with Crippen molar-refractivity contribution < 1.29 is 117 Å². The van der Waals surface area contributed by atoms with Crippen LogP contribution in [-0.2, 0) is 67.0 Å². The lowest BCUT2D eigenvalue weighted by Gasteiger charge is -2.32. The van der Waals surface area contributed by atoms with Gasteiger partial charge in [0.1, 0.15) is 85.1 Å². The number of aliphatic hydroxyl groups is 2. The Morgan fingerprint density at radius 3 is 0.923 bits per heavy atom. The fraction of sp³-hybridized carbons (Fsp3) is 0.435. The van der Waals surface area contributed by atoms with Crippen LogP contribution in [0.1, 0.15) is 174 Å². The molecule has 0 aromatic heterocycles. The van der Waals surface area contributed by atoms with E-state index in [1.165, 1.54) is 26.0 Å². The number of aromatic hydroxyl groups is 2. The second kappa shape index (κ2) is 45.1. The van der Waals surface area contributed by atoms with E-state index >= 15 is 19.2 Å². The topological polar surface area (TPSA) is 592 Å². The Bertz CT molecular complexity index is 4860. The maximum atomic E-state index is 15.2. The number of hydrogen-bond acceptors (Lipinski definition) is 24. The van der Waals surface area contributed by atoms with Gasteiger partial charge in [0.15, 0.2) is 0 Å². The summed E-state index contributed by atoms with van der Waals surface area (Å²) in [6.07, 6.45) is -4.56. The highest BCUT2D eigenvalue weighted by Gasteiger charge is 2.44. The number of nitrogens with two attached hydrogens (primary N) is 2. The van der Waals surface area contributed by atoms with Gasteiger partial charge in [0, 0.05) is 49.4 Å². The minimum Gasteiger partial charge on any atom is -0.507 e. The first-order chi connectivity index (χ1) is 61.6. The number of nitrogens with one attached hydrogen (secondary N) is 10. The van der Waals surface area contributed by atoms with Crippen LogP contribution in [0.5, 0.6) is 11.5 Å². The minimum atomic E-state index is -2.14. The number of hydrogen-bond donors (Lipinski definition) is 18. The Morgan fingerprint density at radius 2 is 0.638 bits per heavy atom. The predicted octanol–water partition coefficient (Wildman–Crippen LogP) is 3.94. The molecule has 0 spiro atoms. The maximum Gasteiger partial charge on any atom is 0.410 e. The fourth-order valence-electron chi connectivity index (χ4n) is 16.1. The zero-order chi connectivity index (χ0) is 95.4. The third-order valence-corrected chi connectivity index (χ3v) is 22.4. The molecule has 10 atom stereocenters. The lowest BCUT2D eigenvalue weighted by Crippen LogP contribution is -2.60. The molecule has 0 aliphatic heterocycles. The van der Waals surface area contributed by atoms with Crippen molar-refractivity contribution in [3.05, 3.63) is 166 Å². The number of ether oxygens (including phenoxy) is 2. The molecule has 0 saturated heterocycles. The third-order valence-electron chi connectivity index (χ3n) is 22.4. The summed E-state index contributed by atoms with van der Waals surface area (Å²) in [5, 5.41) is 90.8. The number of rotatable bonds is 46. The number of aliphatic hydroxyl groups excluding tert-OH is 2. The standard InChI is InChI=1S/C92H114N14O24/c1-45(2)35-63(81(93)117)99-85(121)65(37-47(5)6)101-83(119)49(9)97-87(123)67(41-107)103-89(125)69(39-73(111)112)105(91(127)129-43-59-55-23-15-11-19-51(55)52-20-12-16-24-56(52)59)33-31-95-61-27-28-62(76-75(61)79(115)77-71(109)29-30-72(110)78(77)80(76)116)96-32-34-106(92(128)130-44-60-57-25-17-13-21-53(57)54-22-14-18-26-58(54)60)70(40-74(113)114)90(126)104-68(42-108)88(124)98-50(10)84(120)102-66(38-48(7)8)86(122)100-64(82(94)118)36-46(3)4/h11-30,45-50,59-60,63-70,95-96,107-110H,31-44H2,1-10H3,(H2,93,117)(H2,94,118)(H,97,123)(H,98,124)(H,99,121)(H,100,122)(H,101,119)(H,102,120)(H,103,125)(H,104,126)(H,111,112)(H,113,114)/t49-,50-,63-,64-,65-,66-,67-,68-,69-,70-/m0/s1. The normalized spacial score (nSPS) is 14.7. The molecule has 0 bridgehead atoms. The van der Waals surface area contributed by atoms with Crippen molar-refractivity contribution in [2.45, 2.75) is 180 Å². The first-order valence-corrected chi connectivity index (χ1v) is 42.8. The van der Waals surface area contributed by atoms with Crippen LogP contribution >= 0.6 is 0 Å². The molecule has 9 rings (SSSR count). The van der Waals surface area contributed by atoms with Crippen LogP contribution in [0.4, 0.5) is 21.0 Å². The van der Waals surface area contributed by atoms with E-state index in [2.05, 4.69) is 53.2 Å². The van der Waals surface area contributed by atoms with Crippen LogP contribution in [-0.4, -0.2) is 248 Å². The number of ketones is 2. The number of carboxylic acid groups (broad SMARTS) is 2. The Hall–Kier alpha value is -14.0. The van der Waals surface area contributed by atoms with E-state index in [0.717, 1.165) is 56.6 Å². The van der Waals surface area contributed by atoms with Gasteiger partial charge < -0.3 is 105 Å². The predicted molar refractivity (Wildman–Crippen MR) is 473 cm³/mol. The van der Waals surface area contributed by atoms with Gasteiger partial charge in [0.25, 0.3) is 0 Å². The van der Waals surface area contributed by atoms with Gasteiger partial charge in [0.05, 0.1) is 48.3 Å². The highest BCUT2D eigenvalue weighted by Crippen LogP contribution is 2.47. The van der Waals surface area contributed by atoms with Crippen LogP contribution in [0, 0.1) is 23.7 Å². The van der Waals surface area contributed by atoms with Crippen molar-refractivity contribution in [2.75, 3.05) is 63.2 Å². The van der Waals surface area contributed by atoms with Crippen molar-refractivity contribution in [1.29, 1.82) is 0 Å². The number of amides is 12. The lowest BCUT2D eigenvalue weighted by molar-refractivity contribution is -0.142. The Morgan fingerprint density at radius 1 is 0.362 bits per heavy atom. The molecule has 0 fully saturated rings. The van der Waals surface area contributed by atoms with E-state index < -0.39 is 266 Å². The molecule has 3 aliphatic rings. The zero-order valence-electron chi connectivity index (χ0n) is 73.8. The van der Waals surface area contributed by atoms with E-state index in [1.54, 1.807) is 79.7 Å². The molecule has 38 nitrogen and oxygen atoms in total. The molecule has 0 saturated carbocycles. The lowest BCUT2D eigenvalue weighted by atomic mass is 9.81. The average molecular weight is 1800 g/mol. The van der Waals surface area contributed by atoms with E-state index in [9.17, 15) is 88.2 Å². The Balaban J connectivity index is 1.01. The molecule has 130 heavy (non-hydrogen) atoms. The number of carbonyl (C=O) groups excluding carboxylic acids is 14.